The Balaban J connectivity index is 1.63. The first-order chi connectivity index (χ1) is 15.5. The maximum atomic E-state index is 13.4. The fourth-order valence-corrected chi connectivity index (χ4v) is 5.16. The van der Waals surface area contributed by atoms with E-state index in [1.165, 1.54) is 6.92 Å². The molecule has 0 saturated carbocycles. The number of nitrogens with zero attached hydrogens (tertiary/aromatic N) is 2. The maximum absolute atomic E-state index is 13.4. The summed E-state index contributed by atoms with van der Waals surface area (Å²) in [5.74, 6) is 1.50. The van der Waals surface area contributed by atoms with Crippen molar-refractivity contribution >= 4 is 34.3 Å². The zero-order valence-corrected chi connectivity index (χ0v) is 20.1. The third-order valence-corrected chi connectivity index (χ3v) is 7.04. The number of carbonyl (C=O) groups is 2. The van der Waals surface area contributed by atoms with E-state index < -0.39 is 0 Å². The SMILES string of the molecule is CCCC[C@H]1CN(C(=O)c2cccc3ccccc23)CCN1C[C@@H](N)CSCNC(C)=O. The Morgan fingerprint density at radius 3 is 2.75 bits per heavy atom. The zero-order chi connectivity index (χ0) is 22.9. The van der Waals surface area contributed by atoms with E-state index in [-0.39, 0.29) is 17.9 Å². The standard InChI is InChI=1S/C25H36N4O2S/c1-3-4-10-22-16-29(14-13-28(22)15-21(26)17-32-18-27-19(2)30)25(31)24-12-7-9-20-8-5-6-11-23(20)24/h5-9,11-12,21-22H,3-4,10,13-18,26H2,1-2H3,(H,27,30)/t21-,22+/m1/s1. The van der Waals surface area contributed by atoms with Crippen LogP contribution in [0.4, 0.5) is 0 Å². The molecule has 1 aliphatic heterocycles. The number of carbonyl (C=O) groups excluding carboxylic acids is 2. The summed E-state index contributed by atoms with van der Waals surface area (Å²) < 4.78 is 0. The number of benzene rings is 2. The number of unbranched alkanes of at least 4 members (excludes halogenated alkanes) is 1. The molecule has 0 aromatic heterocycles. The molecule has 32 heavy (non-hydrogen) atoms. The first-order valence-electron chi connectivity index (χ1n) is 11.6. The average Bonchev–Trinajstić information content (AvgIpc) is 2.80. The molecule has 0 bridgehead atoms. The second-order valence-corrected chi connectivity index (χ2v) is 9.61. The van der Waals surface area contributed by atoms with Crippen LogP contribution >= 0.6 is 11.8 Å². The maximum Gasteiger partial charge on any atom is 0.254 e. The number of nitrogens with two attached hydrogens (primary N) is 1. The van der Waals surface area contributed by atoms with Crippen molar-refractivity contribution in [1.82, 2.24) is 15.1 Å². The number of hydrogen-bond donors (Lipinski definition) is 2. The van der Waals surface area contributed by atoms with Gasteiger partial charge in [-0.3, -0.25) is 14.5 Å². The minimum absolute atomic E-state index is 0.0160. The lowest BCUT2D eigenvalue weighted by molar-refractivity contribution is -0.118. The molecular formula is C25H36N4O2S. The monoisotopic (exact) mass is 456 g/mol. The summed E-state index contributed by atoms with van der Waals surface area (Å²) in [6.45, 7) is 6.85. The Morgan fingerprint density at radius 2 is 1.97 bits per heavy atom. The van der Waals surface area contributed by atoms with Crippen LogP contribution in [0.5, 0.6) is 0 Å². The van der Waals surface area contributed by atoms with Crippen LogP contribution < -0.4 is 11.1 Å². The van der Waals surface area contributed by atoms with Crippen LogP contribution in [-0.2, 0) is 4.79 Å². The number of amides is 2. The van der Waals surface area contributed by atoms with Crippen LogP contribution in [0.25, 0.3) is 10.8 Å². The number of thioether (sulfide) groups is 1. The first-order valence-corrected chi connectivity index (χ1v) is 12.7. The van der Waals surface area contributed by atoms with E-state index in [4.69, 9.17) is 5.73 Å². The average molecular weight is 457 g/mol. The Morgan fingerprint density at radius 1 is 1.19 bits per heavy atom. The largest absolute Gasteiger partial charge is 0.347 e. The van der Waals surface area contributed by atoms with Gasteiger partial charge in [-0.1, -0.05) is 56.2 Å². The topological polar surface area (TPSA) is 78.7 Å². The lowest BCUT2D eigenvalue weighted by atomic mass is 10.0. The van der Waals surface area contributed by atoms with E-state index >= 15 is 0 Å². The first kappa shape index (κ1) is 24.6. The van der Waals surface area contributed by atoms with Gasteiger partial charge in [0.25, 0.3) is 5.91 Å². The number of piperazine rings is 1. The fraction of sp³-hybridized carbons (Fsp3) is 0.520. The third kappa shape index (κ3) is 6.70. The Labute approximate surface area is 195 Å². The van der Waals surface area contributed by atoms with E-state index in [1.807, 2.05) is 35.2 Å². The van der Waals surface area contributed by atoms with Crippen LogP contribution in [0.2, 0.25) is 0 Å². The van der Waals surface area contributed by atoms with Gasteiger partial charge >= 0.3 is 0 Å². The molecule has 2 aromatic carbocycles. The van der Waals surface area contributed by atoms with Crippen molar-refractivity contribution in [2.24, 2.45) is 5.73 Å². The highest BCUT2D eigenvalue weighted by Crippen LogP contribution is 2.23. The highest BCUT2D eigenvalue weighted by molar-refractivity contribution is 7.99. The molecule has 2 atom stereocenters. The zero-order valence-electron chi connectivity index (χ0n) is 19.3. The molecule has 3 rings (SSSR count). The van der Waals surface area contributed by atoms with E-state index in [9.17, 15) is 9.59 Å². The molecule has 1 aliphatic rings. The van der Waals surface area contributed by atoms with Crippen molar-refractivity contribution in [2.75, 3.05) is 37.8 Å². The van der Waals surface area contributed by atoms with Crippen molar-refractivity contribution in [1.29, 1.82) is 0 Å². The molecule has 3 N–H and O–H groups in total. The molecular weight excluding hydrogens is 420 g/mol. The van der Waals surface area contributed by atoms with Gasteiger partial charge in [0.1, 0.15) is 0 Å². The molecule has 6 nitrogen and oxygen atoms in total. The van der Waals surface area contributed by atoms with Gasteiger partial charge < -0.3 is 16.0 Å². The minimum Gasteiger partial charge on any atom is -0.347 e. The highest BCUT2D eigenvalue weighted by atomic mass is 32.2. The van der Waals surface area contributed by atoms with Gasteiger partial charge in [-0.05, 0) is 23.3 Å². The molecule has 0 spiro atoms. The number of rotatable bonds is 10. The summed E-state index contributed by atoms with van der Waals surface area (Å²) in [4.78, 5) is 28.9. The van der Waals surface area contributed by atoms with Gasteiger partial charge in [-0.2, -0.15) is 0 Å². The fourth-order valence-electron chi connectivity index (χ4n) is 4.33. The summed E-state index contributed by atoms with van der Waals surface area (Å²) in [5.41, 5.74) is 7.19. The summed E-state index contributed by atoms with van der Waals surface area (Å²) >= 11 is 1.65. The quantitative estimate of drug-likeness (QED) is 0.424. The smallest absolute Gasteiger partial charge is 0.254 e. The summed E-state index contributed by atoms with van der Waals surface area (Å²) in [6, 6.07) is 14.4. The van der Waals surface area contributed by atoms with Gasteiger partial charge in [-0.25, -0.2) is 0 Å². The Bertz CT molecular complexity index is 901. The van der Waals surface area contributed by atoms with Crippen molar-refractivity contribution in [3.63, 3.8) is 0 Å². The summed E-state index contributed by atoms with van der Waals surface area (Å²) in [7, 11) is 0. The molecule has 174 valence electrons. The van der Waals surface area contributed by atoms with Crippen molar-refractivity contribution in [3.8, 4) is 0 Å². The van der Waals surface area contributed by atoms with E-state index in [1.54, 1.807) is 11.8 Å². The number of fused-ring (bicyclic) bond motifs is 1. The van der Waals surface area contributed by atoms with Crippen molar-refractivity contribution < 1.29 is 9.59 Å². The molecule has 1 heterocycles. The van der Waals surface area contributed by atoms with Crippen molar-refractivity contribution in [3.05, 3.63) is 48.0 Å². The van der Waals surface area contributed by atoms with Crippen LogP contribution in [0.1, 0.15) is 43.5 Å². The summed E-state index contributed by atoms with van der Waals surface area (Å²) in [5, 5.41) is 4.92. The Hall–Kier alpha value is -2.09. The number of nitrogens with one attached hydrogen (secondary N) is 1. The van der Waals surface area contributed by atoms with E-state index in [0.29, 0.717) is 11.9 Å². The predicted octanol–water partition coefficient (Wildman–Crippen LogP) is 3.31. The predicted molar refractivity (Wildman–Crippen MR) is 134 cm³/mol. The van der Waals surface area contributed by atoms with Crippen LogP contribution in [0.15, 0.2) is 42.5 Å². The molecule has 1 fully saturated rings. The second-order valence-electron chi connectivity index (χ2n) is 8.58. The molecule has 2 amide bonds. The van der Waals surface area contributed by atoms with Crippen molar-refractivity contribution in [2.45, 2.75) is 45.2 Å². The normalized spacial score (nSPS) is 18.0. The van der Waals surface area contributed by atoms with Crippen LogP contribution in [-0.4, -0.2) is 71.5 Å². The minimum atomic E-state index is -0.0160. The second kappa shape index (κ2) is 12.2. The van der Waals surface area contributed by atoms with Crippen LogP contribution in [0, 0.1) is 0 Å². The molecule has 0 unspecified atom stereocenters. The summed E-state index contributed by atoms with van der Waals surface area (Å²) in [6.07, 6.45) is 3.35. The van der Waals surface area contributed by atoms with E-state index in [0.717, 1.165) is 67.5 Å². The van der Waals surface area contributed by atoms with Gasteiger partial charge in [0.2, 0.25) is 5.91 Å². The van der Waals surface area contributed by atoms with Gasteiger partial charge in [0, 0.05) is 56.5 Å². The lowest BCUT2D eigenvalue weighted by Crippen LogP contribution is -2.57. The molecule has 7 heteroatoms. The molecule has 1 saturated heterocycles. The van der Waals surface area contributed by atoms with Gasteiger partial charge in [-0.15, -0.1) is 11.8 Å². The molecule has 0 aliphatic carbocycles. The molecule has 0 radical (unpaired) electrons. The molecule has 2 aromatic rings. The van der Waals surface area contributed by atoms with E-state index in [2.05, 4.69) is 29.3 Å². The van der Waals surface area contributed by atoms with Gasteiger partial charge in [0.05, 0.1) is 5.88 Å². The third-order valence-electron chi connectivity index (χ3n) is 6.03. The van der Waals surface area contributed by atoms with Gasteiger partial charge in [0.15, 0.2) is 0 Å². The lowest BCUT2D eigenvalue weighted by Gasteiger charge is -2.42. The number of hydrogen-bond acceptors (Lipinski definition) is 5. The highest BCUT2D eigenvalue weighted by Gasteiger charge is 2.30. The Kier molecular flexibility index (Phi) is 9.38. The van der Waals surface area contributed by atoms with Crippen LogP contribution in [0.3, 0.4) is 0 Å².